The summed E-state index contributed by atoms with van der Waals surface area (Å²) in [5.74, 6) is 1.29. The minimum absolute atomic E-state index is 0.162. The fourth-order valence-corrected chi connectivity index (χ4v) is 4.18. The zero-order chi connectivity index (χ0) is 20.0. The topological polar surface area (TPSA) is 68.7 Å². The summed E-state index contributed by atoms with van der Waals surface area (Å²) in [6, 6.07) is 17.0. The molecule has 2 aromatic carbocycles. The predicted octanol–water partition coefficient (Wildman–Crippen LogP) is 3.88. The van der Waals surface area contributed by atoms with Gasteiger partial charge in [-0.15, -0.1) is 0 Å². The van der Waals surface area contributed by atoms with Crippen molar-refractivity contribution < 1.29 is 17.9 Å². The number of anilines is 1. The first-order valence-corrected chi connectivity index (χ1v) is 10.3. The molecule has 3 rings (SSSR count). The molecule has 7 heteroatoms. The maximum absolute atomic E-state index is 13.4. The lowest BCUT2D eigenvalue weighted by molar-refractivity contribution is 0.340. The second-order valence-corrected chi connectivity index (χ2v) is 7.84. The van der Waals surface area contributed by atoms with Gasteiger partial charge in [0.15, 0.2) is 0 Å². The highest BCUT2D eigenvalue weighted by molar-refractivity contribution is 7.92. The summed E-state index contributed by atoms with van der Waals surface area (Å²) in [5.41, 5.74) is 1.33. The van der Waals surface area contributed by atoms with Gasteiger partial charge in [-0.25, -0.2) is 8.42 Å². The second-order valence-electron chi connectivity index (χ2n) is 5.98. The number of benzene rings is 2. The predicted molar refractivity (Wildman–Crippen MR) is 108 cm³/mol. The highest BCUT2D eigenvalue weighted by Gasteiger charge is 2.25. The van der Waals surface area contributed by atoms with Gasteiger partial charge in [-0.05, 0) is 67.1 Å². The molecule has 0 fully saturated rings. The summed E-state index contributed by atoms with van der Waals surface area (Å²) in [6.07, 6.45) is 3.31. The minimum atomic E-state index is -3.79. The Bertz CT molecular complexity index is 989. The highest BCUT2D eigenvalue weighted by atomic mass is 32.2. The molecule has 0 amide bonds. The Morgan fingerprint density at radius 1 is 0.964 bits per heavy atom. The van der Waals surface area contributed by atoms with Crippen LogP contribution in [0, 0.1) is 0 Å². The summed E-state index contributed by atoms with van der Waals surface area (Å²) >= 11 is 0. The molecule has 0 unspecified atom stereocenters. The third-order valence-corrected chi connectivity index (χ3v) is 5.92. The molecule has 0 radical (unpaired) electrons. The number of methoxy groups -OCH3 is 1. The first-order valence-electron chi connectivity index (χ1n) is 8.83. The van der Waals surface area contributed by atoms with Crippen LogP contribution in [0.5, 0.6) is 11.5 Å². The van der Waals surface area contributed by atoms with Crippen LogP contribution in [0.1, 0.15) is 12.5 Å². The summed E-state index contributed by atoms with van der Waals surface area (Å²) < 4.78 is 38.7. The minimum Gasteiger partial charge on any atom is -0.497 e. The zero-order valence-corrected chi connectivity index (χ0v) is 16.6. The van der Waals surface area contributed by atoms with Gasteiger partial charge in [0.05, 0.1) is 30.8 Å². The normalized spacial score (nSPS) is 11.1. The lowest BCUT2D eigenvalue weighted by atomic mass is 10.2. The quantitative estimate of drug-likeness (QED) is 0.576. The van der Waals surface area contributed by atoms with Crippen molar-refractivity contribution in [3.05, 3.63) is 78.6 Å². The maximum atomic E-state index is 13.4. The molecule has 0 atom stereocenters. The monoisotopic (exact) mass is 398 g/mol. The van der Waals surface area contributed by atoms with Gasteiger partial charge in [-0.1, -0.05) is 6.07 Å². The molecular weight excluding hydrogens is 376 g/mol. The summed E-state index contributed by atoms with van der Waals surface area (Å²) in [6.45, 7) is 2.56. The molecule has 0 bridgehead atoms. The van der Waals surface area contributed by atoms with Gasteiger partial charge < -0.3 is 9.47 Å². The van der Waals surface area contributed by atoms with Crippen molar-refractivity contribution in [3.8, 4) is 11.5 Å². The largest absolute Gasteiger partial charge is 0.497 e. The van der Waals surface area contributed by atoms with Crippen LogP contribution in [0.3, 0.4) is 0 Å². The van der Waals surface area contributed by atoms with Gasteiger partial charge in [-0.3, -0.25) is 9.29 Å². The van der Waals surface area contributed by atoms with Crippen molar-refractivity contribution in [3.63, 3.8) is 0 Å². The standard InChI is InChI=1S/C21H22N2O4S/c1-3-27-20-10-12-21(13-11-20)28(24,25)23(16-17-5-4-14-22-15-17)18-6-8-19(26-2)9-7-18/h4-15H,3,16H2,1-2H3. The third kappa shape index (κ3) is 4.43. The van der Waals surface area contributed by atoms with Gasteiger partial charge in [0, 0.05) is 12.4 Å². The number of pyridine rings is 1. The van der Waals surface area contributed by atoms with E-state index in [2.05, 4.69) is 4.98 Å². The van der Waals surface area contributed by atoms with Crippen LogP contribution in [-0.4, -0.2) is 27.1 Å². The molecule has 6 nitrogen and oxygen atoms in total. The van der Waals surface area contributed by atoms with E-state index < -0.39 is 10.0 Å². The molecule has 0 saturated heterocycles. The molecule has 0 N–H and O–H groups in total. The van der Waals surface area contributed by atoms with Crippen LogP contribution in [0.2, 0.25) is 0 Å². The van der Waals surface area contributed by atoms with E-state index in [1.165, 1.54) is 4.31 Å². The third-order valence-electron chi connectivity index (χ3n) is 4.13. The van der Waals surface area contributed by atoms with E-state index in [0.717, 1.165) is 5.56 Å². The Morgan fingerprint density at radius 2 is 1.64 bits per heavy atom. The lowest BCUT2D eigenvalue weighted by Crippen LogP contribution is -2.30. The Kier molecular flexibility index (Phi) is 6.16. The van der Waals surface area contributed by atoms with E-state index in [-0.39, 0.29) is 11.4 Å². The van der Waals surface area contributed by atoms with Gasteiger partial charge in [-0.2, -0.15) is 0 Å². The van der Waals surface area contributed by atoms with Crippen LogP contribution in [-0.2, 0) is 16.6 Å². The SMILES string of the molecule is CCOc1ccc(S(=O)(=O)N(Cc2cccnc2)c2ccc(OC)cc2)cc1. The second kappa shape index (κ2) is 8.75. The number of aromatic nitrogens is 1. The highest BCUT2D eigenvalue weighted by Crippen LogP contribution is 2.28. The van der Waals surface area contributed by atoms with E-state index in [1.54, 1.807) is 74.1 Å². The Balaban J connectivity index is 2.00. The van der Waals surface area contributed by atoms with Gasteiger partial charge in [0.25, 0.3) is 10.0 Å². The molecule has 0 aliphatic heterocycles. The summed E-state index contributed by atoms with van der Waals surface area (Å²) in [4.78, 5) is 4.28. The molecular formula is C21H22N2O4S. The van der Waals surface area contributed by atoms with Crippen LogP contribution in [0.4, 0.5) is 5.69 Å². The molecule has 0 aliphatic rings. The van der Waals surface area contributed by atoms with Crippen molar-refractivity contribution in [2.24, 2.45) is 0 Å². The van der Waals surface area contributed by atoms with Crippen molar-refractivity contribution in [2.75, 3.05) is 18.0 Å². The Hall–Kier alpha value is -3.06. The fourth-order valence-electron chi connectivity index (χ4n) is 2.72. The van der Waals surface area contributed by atoms with Crippen LogP contribution in [0.25, 0.3) is 0 Å². The average Bonchev–Trinajstić information content (AvgIpc) is 2.73. The van der Waals surface area contributed by atoms with Crippen molar-refractivity contribution in [1.29, 1.82) is 0 Å². The maximum Gasteiger partial charge on any atom is 0.264 e. The summed E-state index contributed by atoms with van der Waals surface area (Å²) in [7, 11) is -2.23. The molecule has 3 aromatic rings. The van der Waals surface area contributed by atoms with E-state index in [9.17, 15) is 8.42 Å². The number of sulfonamides is 1. The van der Waals surface area contributed by atoms with Crippen LogP contribution in [0.15, 0.2) is 78.0 Å². The number of hydrogen-bond acceptors (Lipinski definition) is 5. The van der Waals surface area contributed by atoms with Crippen LogP contribution < -0.4 is 13.8 Å². The molecule has 0 aliphatic carbocycles. The number of hydrogen-bond donors (Lipinski definition) is 0. The van der Waals surface area contributed by atoms with Crippen molar-refractivity contribution >= 4 is 15.7 Å². The van der Waals surface area contributed by atoms with Gasteiger partial charge >= 0.3 is 0 Å². The summed E-state index contributed by atoms with van der Waals surface area (Å²) in [5, 5.41) is 0. The lowest BCUT2D eigenvalue weighted by Gasteiger charge is -2.25. The van der Waals surface area contributed by atoms with Gasteiger partial charge in [0.2, 0.25) is 0 Å². The van der Waals surface area contributed by atoms with E-state index in [0.29, 0.717) is 23.8 Å². The van der Waals surface area contributed by atoms with E-state index in [4.69, 9.17) is 9.47 Å². The first-order chi connectivity index (χ1) is 13.5. The number of nitrogens with zero attached hydrogens (tertiary/aromatic N) is 2. The molecule has 28 heavy (non-hydrogen) atoms. The molecule has 146 valence electrons. The molecule has 1 heterocycles. The van der Waals surface area contributed by atoms with Crippen LogP contribution >= 0.6 is 0 Å². The Labute approximate surface area is 165 Å². The van der Waals surface area contributed by atoms with E-state index in [1.807, 2.05) is 13.0 Å². The number of rotatable bonds is 8. The molecule has 0 saturated carbocycles. The Morgan fingerprint density at radius 3 is 2.21 bits per heavy atom. The average molecular weight is 398 g/mol. The van der Waals surface area contributed by atoms with Gasteiger partial charge in [0.1, 0.15) is 11.5 Å². The molecule has 1 aromatic heterocycles. The van der Waals surface area contributed by atoms with Crippen molar-refractivity contribution in [1.82, 2.24) is 4.98 Å². The first kappa shape index (κ1) is 19.7. The molecule has 0 spiro atoms. The van der Waals surface area contributed by atoms with E-state index >= 15 is 0 Å². The number of ether oxygens (including phenoxy) is 2. The van der Waals surface area contributed by atoms with Crippen molar-refractivity contribution in [2.45, 2.75) is 18.4 Å². The zero-order valence-electron chi connectivity index (χ0n) is 15.8. The smallest absolute Gasteiger partial charge is 0.264 e. The fraction of sp³-hybridized carbons (Fsp3) is 0.190.